The first-order chi connectivity index (χ1) is 6.70. The summed E-state index contributed by atoms with van der Waals surface area (Å²) < 4.78 is 5.21. The highest BCUT2D eigenvalue weighted by Gasteiger charge is 2.38. The van der Waals surface area contributed by atoms with Gasteiger partial charge in [0.25, 0.3) is 0 Å². The third kappa shape index (κ3) is 1.77. The van der Waals surface area contributed by atoms with Crippen LogP contribution in [-0.4, -0.2) is 48.3 Å². The van der Waals surface area contributed by atoms with Gasteiger partial charge in [0.15, 0.2) is 0 Å². The number of likely N-dealkylation sites (tertiary alicyclic amines) is 1. The lowest BCUT2D eigenvalue weighted by Crippen LogP contribution is -2.47. The molecule has 0 amide bonds. The summed E-state index contributed by atoms with van der Waals surface area (Å²) in [6.07, 6.45) is 3.36. The number of aliphatic carboxylic acids is 1. The van der Waals surface area contributed by atoms with E-state index in [9.17, 15) is 4.79 Å². The molecular formula is C10H17NO3. The molecule has 2 fully saturated rings. The Bertz CT molecular complexity index is 225. The van der Waals surface area contributed by atoms with Crippen LogP contribution in [0.5, 0.6) is 0 Å². The van der Waals surface area contributed by atoms with E-state index in [-0.39, 0.29) is 5.92 Å². The van der Waals surface area contributed by atoms with Crippen LogP contribution in [0.3, 0.4) is 0 Å². The van der Waals surface area contributed by atoms with Crippen LogP contribution in [0.2, 0.25) is 0 Å². The number of carboxylic acid groups (broad SMARTS) is 1. The van der Waals surface area contributed by atoms with Gasteiger partial charge in [-0.25, -0.2) is 0 Å². The van der Waals surface area contributed by atoms with Gasteiger partial charge in [0.2, 0.25) is 0 Å². The maximum Gasteiger partial charge on any atom is 0.307 e. The first kappa shape index (κ1) is 9.93. The Morgan fingerprint density at radius 1 is 1.50 bits per heavy atom. The molecule has 0 radical (unpaired) electrons. The molecule has 14 heavy (non-hydrogen) atoms. The van der Waals surface area contributed by atoms with Crippen LogP contribution in [0, 0.1) is 5.92 Å². The van der Waals surface area contributed by atoms with Crippen molar-refractivity contribution in [3.63, 3.8) is 0 Å². The van der Waals surface area contributed by atoms with Crippen LogP contribution in [0.4, 0.5) is 0 Å². The standard InChI is InChI=1S/C10H17NO3/c1-14-9-4-8(5-9)11-3-2-7(6-11)10(12)13/h7-9H,2-6H2,1H3,(H,12,13). The van der Waals surface area contributed by atoms with Gasteiger partial charge in [-0.15, -0.1) is 0 Å². The molecule has 0 spiro atoms. The number of carboxylic acids is 1. The zero-order valence-corrected chi connectivity index (χ0v) is 8.48. The van der Waals surface area contributed by atoms with Gasteiger partial charge in [0, 0.05) is 19.7 Å². The molecule has 0 aromatic heterocycles. The third-order valence-corrected chi connectivity index (χ3v) is 3.49. The molecule has 1 N–H and O–H groups in total. The summed E-state index contributed by atoms with van der Waals surface area (Å²) >= 11 is 0. The van der Waals surface area contributed by atoms with Crippen LogP contribution in [0.1, 0.15) is 19.3 Å². The number of nitrogens with zero attached hydrogens (tertiary/aromatic N) is 1. The Labute approximate surface area is 83.8 Å². The van der Waals surface area contributed by atoms with Crippen molar-refractivity contribution in [1.82, 2.24) is 4.90 Å². The quantitative estimate of drug-likeness (QED) is 0.722. The van der Waals surface area contributed by atoms with E-state index in [2.05, 4.69) is 4.90 Å². The molecule has 1 saturated carbocycles. The normalized spacial score (nSPS) is 38.2. The molecule has 1 atom stereocenters. The topological polar surface area (TPSA) is 49.8 Å². The summed E-state index contributed by atoms with van der Waals surface area (Å²) in [7, 11) is 1.74. The highest BCUT2D eigenvalue weighted by molar-refractivity contribution is 5.70. The molecule has 0 bridgehead atoms. The molecule has 2 aliphatic rings. The minimum Gasteiger partial charge on any atom is -0.481 e. The van der Waals surface area contributed by atoms with Gasteiger partial charge in [0.1, 0.15) is 0 Å². The fraction of sp³-hybridized carbons (Fsp3) is 0.900. The predicted octanol–water partition coefficient (Wildman–Crippen LogP) is 0.570. The average molecular weight is 199 g/mol. The van der Waals surface area contributed by atoms with Gasteiger partial charge in [-0.1, -0.05) is 0 Å². The van der Waals surface area contributed by atoms with Crippen LogP contribution in [0.15, 0.2) is 0 Å². The van der Waals surface area contributed by atoms with Gasteiger partial charge >= 0.3 is 5.97 Å². The van der Waals surface area contributed by atoms with E-state index in [1.807, 2.05) is 0 Å². The second kappa shape index (κ2) is 3.87. The Balaban J connectivity index is 1.77. The summed E-state index contributed by atoms with van der Waals surface area (Å²) in [5.41, 5.74) is 0. The largest absolute Gasteiger partial charge is 0.481 e. The molecule has 2 rings (SSSR count). The molecule has 4 heteroatoms. The fourth-order valence-corrected chi connectivity index (χ4v) is 2.35. The number of carbonyl (C=O) groups is 1. The monoisotopic (exact) mass is 199 g/mol. The highest BCUT2D eigenvalue weighted by Crippen LogP contribution is 2.31. The van der Waals surface area contributed by atoms with Crippen LogP contribution < -0.4 is 0 Å². The predicted molar refractivity (Wildman–Crippen MR) is 51.1 cm³/mol. The summed E-state index contributed by atoms with van der Waals surface area (Å²) in [5.74, 6) is -0.785. The molecule has 0 aromatic rings. The second-order valence-electron chi connectivity index (χ2n) is 4.30. The maximum atomic E-state index is 10.7. The molecule has 1 aliphatic heterocycles. The van der Waals surface area contributed by atoms with Gasteiger partial charge in [0.05, 0.1) is 12.0 Å². The van der Waals surface area contributed by atoms with Crippen molar-refractivity contribution in [2.75, 3.05) is 20.2 Å². The van der Waals surface area contributed by atoms with Crippen LogP contribution in [0.25, 0.3) is 0 Å². The third-order valence-electron chi connectivity index (χ3n) is 3.49. The Morgan fingerprint density at radius 2 is 2.21 bits per heavy atom. The van der Waals surface area contributed by atoms with Gasteiger partial charge < -0.3 is 9.84 Å². The fourth-order valence-electron chi connectivity index (χ4n) is 2.35. The SMILES string of the molecule is COC1CC(N2CCC(C(=O)O)C2)C1. The number of ether oxygens (including phenoxy) is 1. The molecule has 0 aromatic carbocycles. The summed E-state index contributed by atoms with van der Waals surface area (Å²) in [5, 5.41) is 8.85. The molecular weight excluding hydrogens is 182 g/mol. The van der Waals surface area contributed by atoms with Crippen molar-refractivity contribution < 1.29 is 14.6 Å². The van der Waals surface area contributed by atoms with E-state index < -0.39 is 5.97 Å². The number of rotatable bonds is 3. The summed E-state index contributed by atoms with van der Waals surface area (Å²) in [6, 6.07) is 0.573. The van der Waals surface area contributed by atoms with Gasteiger partial charge in [-0.2, -0.15) is 0 Å². The zero-order chi connectivity index (χ0) is 10.1. The minimum absolute atomic E-state index is 0.142. The van der Waals surface area contributed by atoms with Crippen LogP contribution in [-0.2, 0) is 9.53 Å². The maximum absolute atomic E-state index is 10.7. The zero-order valence-electron chi connectivity index (χ0n) is 8.48. The lowest BCUT2D eigenvalue weighted by Gasteiger charge is -2.40. The number of methoxy groups -OCH3 is 1. The molecule has 1 saturated heterocycles. The lowest BCUT2D eigenvalue weighted by atomic mass is 9.88. The highest BCUT2D eigenvalue weighted by atomic mass is 16.5. The Kier molecular flexibility index (Phi) is 2.74. The lowest BCUT2D eigenvalue weighted by molar-refractivity contribution is -0.141. The number of hydrogen-bond acceptors (Lipinski definition) is 3. The molecule has 80 valence electrons. The van der Waals surface area contributed by atoms with E-state index in [1.165, 1.54) is 0 Å². The van der Waals surface area contributed by atoms with Gasteiger partial charge in [-0.3, -0.25) is 9.69 Å². The molecule has 1 heterocycles. The molecule has 1 unspecified atom stereocenters. The number of hydrogen-bond donors (Lipinski definition) is 1. The van der Waals surface area contributed by atoms with Crippen molar-refractivity contribution >= 4 is 5.97 Å². The summed E-state index contributed by atoms with van der Waals surface area (Å²) in [4.78, 5) is 13.0. The molecule has 1 aliphatic carbocycles. The minimum atomic E-state index is -0.643. The molecule has 4 nitrogen and oxygen atoms in total. The van der Waals surface area contributed by atoms with Gasteiger partial charge in [-0.05, 0) is 25.8 Å². The smallest absolute Gasteiger partial charge is 0.307 e. The van der Waals surface area contributed by atoms with E-state index in [1.54, 1.807) is 7.11 Å². The van der Waals surface area contributed by atoms with Crippen molar-refractivity contribution in [1.29, 1.82) is 0 Å². The second-order valence-corrected chi connectivity index (χ2v) is 4.30. The first-order valence-corrected chi connectivity index (χ1v) is 5.20. The van der Waals surface area contributed by atoms with Crippen LogP contribution >= 0.6 is 0 Å². The van der Waals surface area contributed by atoms with E-state index in [4.69, 9.17) is 9.84 Å². The van der Waals surface area contributed by atoms with E-state index in [0.717, 1.165) is 32.4 Å². The average Bonchev–Trinajstić information content (AvgIpc) is 2.51. The summed E-state index contributed by atoms with van der Waals surface area (Å²) in [6.45, 7) is 1.68. The van der Waals surface area contributed by atoms with Crippen molar-refractivity contribution in [3.05, 3.63) is 0 Å². The van der Waals surface area contributed by atoms with Crippen molar-refractivity contribution in [2.45, 2.75) is 31.4 Å². The van der Waals surface area contributed by atoms with Crippen molar-refractivity contribution in [2.24, 2.45) is 5.92 Å². The van der Waals surface area contributed by atoms with E-state index in [0.29, 0.717) is 12.1 Å². The first-order valence-electron chi connectivity index (χ1n) is 5.20. The van der Waals surface area contributed by atoms with E-state index >= 15 is 0 Å². The Morgan fingerprint density at radius 3 is 2.71 bits per heavy atom. The van der Waals surface area contributed by atoms with Crippen molar-refractivity contribution in [3.8, 4) is 0 Å². The Hall–Kier alpha value is -0.610.